The van der Waals surface area contributed by atoms with Crippen molar-refractivity contribution in [3.05, 3.63) is 59.6 Å². The molecular formula is C12H9Cl2O3P. The average molecular weight is 303 g/mol. The molecule has 0 aliphatic carbocycles. The molecule has 0 fully saturated rings. The first-order valence-corrected chi connectivity index (χ1v) is 7.87. The van der Waals surface area contributed by atoms with E-state index < -0.39 is 6.95 Å². The Kier molecular flexibility index (Phi) is 4.18. The SMILES string of the molecule is O=P(Cl)(Oc1ccccc1)Oc1ccc(Cl)cc1. The Morgan fingerprint density at radius 1 is 0.833 bits per heavy atom. The normalized spacial score (nSPS) is 13.7. The van der Waals surface area contributed by atoms with Crippen LogP contribution in [-0.4, -0.2) is 0 Å². The summed E-state index contributed by atoms with van der Waals surface area (Å²) in [4.78, 5) is 0. The first kappa shape index (κ1) is 13.3. The van der Waals surface area contributed by atoms with E-state index in [4.69, 9.17) is 31.9 Å². The maximum absolute atomic E-state index is 11.9. The monoisotopic (exact) mass is 302 g/mol. The van der Waals surface area contributed by atoms with Crippen molar-refractivity contribution < 1.29 is 13.6 Å². The molecule has 1 unspecified atom stereocenters. The smallest absolute Gasteiger partial charge is 0.405 e. The summed E-state index contributed by atoms with van der Waals surface area (Å²) in [5.41, 5.74) is 0. The van der Waals surface area contributed by atoms with Crippen molar-refractivity contribution in [3.8, 4) is 11.5 Å². The van der Waals surface area contributed by atoms with E-state index in [1.807, 2.05) is 6.07 Å². The molecule has 94 valence electrons. The molecule has 0 saturated heterocycles. The summed E-state index contributed by atoms with van der Waals surface area (Å²) in [6, 6.07) is 14.9. The third-order valence-corrected chi connectivity index (χ3v) is 3.51. The third-order valence-electron chi connectivity index (χ3n) is 1.99. The van der Waals surface area contributed by atoms with Crippen LogP contribution in [0.4, 0.5) is 0 Å². The molecule has 0 amide bonds. The molecule has 0 heterocycles. The van der Waals surface area contributed by atoms with E-state index in [0.717, 1.165) is 0 Å². The second kappa shape index (κ2) is 5.66. The van der Waals surface area contributed by atoms with Gasteiger partial charge in [0, 0.05) is 16.3 Å². The molecule has 3 nitrogen and oxygen atoms in total. The zero-order chi connectivity index (χ0) is 13.0. The van der Waals surface area contributed by atoms with E-state index >= 15 is 0 Å². The lowest BCUT2D eigenvalue weighted by atomic mass is 10.3. The number of hydrogen-bond donors (Lipinski definition) is 0. The molecular weight excluding hydrogens is 294 g/mol. The molecule has 0 aliphatic heterocycles. The van der Waals surface area contributed by atoms with Crippen molar-refractivity contribution in [2.24, 2.45) is 0 Å². The fraction of sp³-hybridized carbons (Fsp3) is 0. The Bertz CT molecular complexity index is 557. The van der Waals surface area contributed by atoms with Crippen LogP contribution in [0.3, 0.4) is 0 Å². The molecule has 2 aromatic carbocycles. The van der Waals surface area contributed by atoms with Gasteiger partial charge in [0.2, 0.25) is 0 Å². The van der Waals surface area contributed by atoms with E-state index in [9.17, 15) is 4.57 Å². The summed E-state index contributed by atoms with van der Waals surface area (Å²) < 4.78 is 22.1. The van der Waals surface area contributed by atoms with Crippen LogP contribution in [-0.2, 0) is 4.57 Å². The summed E-state index contributed by atoms with van der Waals surface area (Å²) in [6.07, 6.45) is 0. The van der Waals surface area contributed by atoms with Gasteiger partial charge in [-0.15, -0.1) is 0 Å². The highest BCUT2D eigenvalue weighted by molar-refractivity contribution is 7.82. The van der Waals surface area contributed by atoms with Crippen molar-refractivity contribution in [1.29, 1.82) is 0 Å². The second-order valence-electron chi connectivity index (χ2n) is 3.38. The molecule has 0 spiro atoms. The first-order chi connectivity index (χ1) is 8.55. The molecule has 18 heavy (non-hydrogen) atoms. The van der Waals surface area contributed by atoms with E-state index in [-0.39, 0.29) is 0 Å². The fourth-order valence-corrected chi connectivity index (χ4v) is 2.64. The highest BCUT2D eigenvalue weighted by Gasteiger charge is 2.24. The lowest BCUT2D eigenvalue weighted by Gasteiger charge is -2.13. The Hall–Kier alpha value is -1.15. The first-order valence-electron chi connectivity index (χ1n) is 5.05. The van der Waals surface area contributed by atoms with Crippen LogP contribution in [0.25, 0.3) is 0 Å². The van der Waals surface area contributed by atoms with Gasteiger partial charge in [0.25, 0.3) is 0 Å². The summed E-state index contributed by atoms with van der Waals surface area (Å²) in [5.74, 6) is 0.707. The van der Waals surface area contributed by atoms with Gasteiger partial charge in [-0.1, -0.05) is 29.8 Å². The fourth-order valence-electron chi connectivity index (χ4n) is 1.25. The standard InChI is InChI=1S/C12H9Cl2O3P/c13-10-6-8-12(9-7-10)17-18(14,15)16-11-4-2-1-3-5-11/h1-9H. The lowest BCUT2D eigenvalue weighted by Crippen LogP contribution is -1.94. The zero-order valence-corrected chi connectivity index (χ0v) is 11.5. The van der Waals surface area contributed by atoms with Gasteiger partial charge in [-0.25, -0.2) is 4.57 Å². The van der Waals surface area contributed by atoms with E-state index in [1.165, 1.54) is 0 Å². The Labute approximate surface area is 115 Å². The number of halogens is 2. The number of para-hydroxylation sites is 1. The predicted octanol–water partition coefficient (Wildman–Crippen LogP) is 5.14. The summed E-state index contributed by atoms with van der Waals surface area (Å²) in [5, 5.41) is 0.552. The minimum Gasteiger partial charge on any atom is -0.405 e. The topological polar surface area (TPSA) is 35.5 Å². The lowest BCUT2D eigenvalue weighted by molar-refractivity contribution is 0.406. The Morgan fingerprint density at radius 3 is 1.89 bits per heavy atom. The molecule has 0 aliphatic rings. The van der Waals surface area contributed by atoms with Gasteiger partial charge in [0.15, 0.2) is 0 Å². The Balaban J connectivity index is 2.08. The molecule has 0 N–H and O–H groups in total. The number of rotatable bonds is 4. The summed E-state index contributed by atoms with van der Waals surface area (Å²) in [6.45, 7) is -3.72. The van der Waals surface area contributed by atoms with Crippen LogP contribution in [0, 0.1) is 0 Å². The van der Waals surface area contributed by atoms with Gasteiger partial charge < -0.3 is 9.05 Å². The van der Waals surface area contributed by atoms with Crippen LogP contribution < -0.4 is 9.05 Å². The van der Waals surface area contributed by atoms with Crippen molar-refractivity contribution in [2.45, 2.75) is 0 Å². The van der Waals surface area contributed by atoms with Crippen LogP contribution in [0.5, 0.6) is 11.5 Å². The number of benzene rings is 2. The quantitative estimate of drug-likeness (QED) is 0.733. The molecule has 1 atom stereocenters. The van der Waals surface area contributed by atoms with Crippen molar-refractivity contribution in [2.75, 3.05) is 0 Å². The maximum Gasteiger partial charge on any atom is 0.530 e. The van der Waals surface area contributed by atoms with Gasteiger partial charge in [-0.05, 0) is 36.4 Å². The predicted molar refractivity (Wildman–Crippen MR) is 72.6 cm³/mol. The molecule has 0 aromatic heterocycles. The third kappa shape index (κ3) is 3.95. The van der Waals surface area contributed by atoms with Gasteiger partial charge in [-0.3, -0.25) is 0 Å². The molecule has 6 heteroatoms. The second-order valence-corrected chi connectivity index (χ2v) is 6.29. The summed E-state index contributed by atoms with van der Waals surface area (Å²) in [7, 11) is 0. The average Bonchev–Trinajstić information content (AvgIpc) is 2.32. The largest absolute Gasteiger partial charge is 0.530 e. The van der Waals surface area contributed by atoms with E-state index in [2.05, 4.69) is 0 Å². The van der Waals surface area contributed by atoms with Gasteiger partial charge in [0.05, 0.1) is 0 Å². The molecule has 0 saturated carbocycles. The molecule has 0 radical (unpaired) electrons. The van der Waals surface area contributed by atoms with Crippen LogP contribution >= 0.6 is 29.8 Å². The highest BCUT2D eigenvalue weighted by Crippen LogP contribution is 2.53. The van der Waals surface area contributed by atoms with Crippen LogP contribution in [0.1, 0.15) is 0 Å². The van der Waals surface area contributed by atoms with Crippen molar-refractivity contribution in [3.63, 3.8) is 0 Å². The zero-order valence-electron chi connectivity index (χ0n) is 9.12. The minimum absolute atomic E-state index is 0.327. The van der Waals surface area contributed by atoms with Gasteiger partial charge >= 0.3 is 6.95 Å². The maximum atomic E-state index is 11.9. The van der Waals surface area contributed by atoms with Gasteiger partial charge in [-0.2, -0.15) is 0 Å². The van der Waals surface area contributed by atoms with Gasteiger partial charge in [0.1, 0.15) is 11.5 Å². The Morgan fingerprint density at radius 2 is 1.33 bits per heavy atom. The van der Waals surface area contributed by atoms with Crippen LogP contribution in [0.15, 0.2) is 54.6 Å². The van der Waals surface area contributed by atoms with E-state index in [1.54, 1.807) is 48.5 Å². The molecule has 0 bridgehead atoms. The highest BCUT2D eigenvalue weighted by atomic mass is 35.7. The number of hydrogen-bond acceptors (Lipinski definition) is 3. The molecule has 2 aromatic rings. The van der Waals surface area contributed by atoms with E-state index in [0.29, 0.717) is 16.5 Å². The van der Waals surface area contributed by atoms with Crippen LogP contribution in [0.2, 0.25) is 5.02 Å². The summed E-state index contributed by atoms with van der Waals surface area (Å²) >= 11 is 11.4. The minimum atomic E-state index is -3.72. The molecule has 2 rings (SSSR count). The van der Waals surface area contributed by atoms with Crippen molar-refractivity contribution in [1.82, 2.24) is 0 Å². The van der Waals surface area contributed by atoms with Crippen molar-refractivity contribution >= 4 is 29.8 Å².